The van der Waals surface area contributed by atoms with E-state index < -0.39 is 0 Å². The lowest BCUT2D eigenvalue weighted by atomic mass is 10.1. The number of fused-ring (bicyclic) bond motifs is 2. The Hall–Kier alpha value is -5.35. The molecule has 17 heteroatoms. The summed E-state index contributed by atoms with van der Waals surface area (Å²) in [5.41, 5.74) is 3.92. The van der Waals surface area contributed by atoms with Crippen molar-refractivity contribution in [3.8, 4) is 16.5 Å². The second-order valence-corrected chi connectivity index (χ2v) is 15.4. The van der Waals surface area contributed by atoms with Crippen LogP contribution in [0, 0.1) is 6.92 Å². The zero-order valence-electron chi connectivity index (χ0n) is 30.6. The number of benzene rings is 2. The molecule has 288 valence electrons. The van der Waals surface area contributed by atoms with Gasteiger partial charge in [0, 0.05) is 36.1 Å². The van der Waals surface area contributed by atoms with E-state index in [1.807, 2.05) is 42.2 Å². The van der Waals surface area contributed by atoms with Crippen LogP contribution >= 0.6 is 34.5 Å². The number of hydrogen-bond acceptors (Lipinski definition) is 11. The lowest BCUT2D eigenvalue weighted by Gasteiger charge is -2.36. The fourth-order valence-corrected chi connectivity index (χ4v) is 8.55. The van der Waals surface area contributed by atoms with Gasteiger partial charge in [-0.1, -0.05) is 60.5 Å². The van der Waals surface area contributed by atoms with Gasteiger partial charge in [-0.25, -0.2) is 9.97 Å². The molecule has 0 bridgehead atoms. The van der Waals surface area contributed by atoms with Gasteiger partial charge in [0.1, 0.15) is 25.2 Å². The van der Waals surface area contributed by atoms with E-state index >= 15 is 0 Å². The number of carbonyl (C=O) groups excluding carboxylic acids is 2. The topological polar surface area (TPSA) is 149 Å². The predicted octanol–water partition coefficient (Wildman–Crippen LogP) is 5.84. The van der Waals surface area contributed by atoms with Gasteiger partial charge in [-0.3, -0.25) is 14.4 Å². The largest absolute Gasteiger partial charge is 0.485 e. The first-order valence-corrected chi connectivity index (χ1v) is 19.7. The Morgan fingerprint density at radius 2 is 1.84 bits per heavy atom. The summed E-state index contributed by atoms with van der Waals surface area (Å²) in [5, 5.41) is 8.33. The molecule has 6 aromatic rings. The SMILES string of the molecule is CCc1c(N2CCN(C(=O)c3ncnc(C)c3OCc3ccccc3)CC2)c(=O)n2nc(-c3cc4c(s3)COCC4)nc2n1CC(=O)Nc1ccc(Cl)cc1Cl. The molecule has 14 nitrogen and oxygen atoms in total. The first kappa shape index (κ1) is 37.6. The molecule has 0 radical (unpaired) electrons. The monoisotopic (exact) mass is 813 g/mol. The van der Waals surface area contributed by atoms with Gasteiger partial charge in [-0.05, 0) is 55.2 Å². The van der Waals surface area contributed by atoms with Crippen LogP contribution < -0.4 is 20.5 Å². The molecule has 4 aromatic heterocycles. The molecule has 0 unspecified atom stereocenters. The van der Waals surface area contributed by atoms with Crippen LogP contribution in [0.5, 0.6) is 5.75 Å². The molecule has 2 aliphatic heterocycles. The number of nitrogens with one attached hydrogen (secondary N) is 1. The fourth-order valence-electron chi connectivity index (χ4n) is 7.01. The third kappa shape index (κ3) is 7.46. The average molecular weight is 815 g/mol. The van der Waals surface area contributed by atoms with E-state index in [0.717, 1.165) is 21.7 Å². The van der Waals surface area contributed by atoms with Crippen LogP contribution in [0.4, 0.5) is 11.4 Å². The van der Waals surface area contributed by atoms with Crippen molar-refractivity contribution >= 4 is 63.5 Å². The Morgan fingerprint density at radius 1 is 1.04 bits per heavy atom. The van der Waals surface area contributed by atoms with Crippen LogP contribution in [0.3, 0.4) is 0 Å². The van der Waals surface area contributed by atoms with Crippen molar-refractivity contribution in [1.29, 1.82) is 0 Å². The number of ether oxygens (including phenoxy) is 2. The Bertz CT molecular complexity index is 2490. The molecule has 2 aromatic carbocycles. The average Bonchev–Trinajstić information content (AvgIpc) is 3.85. The Labute approximate surface area is 335 Å². The second-order valence-electron chi connectivity index (χ2n) is 13.4. The Balaban J connectivity index is 1.10. The van der Waals surface area contributed by atoms with Gasteiger partial charge in [0.25, 0.3) is 11.5 Å². The second kappa shape index (κ2) is 16.0. The highest BCUT2D eigenvalue weighted by molar-refractivity contribution is 7.15. The first-order chi connectivity index (χ1) is 27.2. The maximum atomic E-state index is 14.5. The van der Waals surface area contributed by atoms with Gasteiger partial charge in [-0.2, -0.15) is 9.50 Å². The van der Waals surface area contributed by atoms with Gasteiger partial charge in [0.15, 0.2) is 17.3 Å². The third-order valence-electron chi connectivity index (χ3n) is 9.83. The highest BCUT2D eigenvalue weighted by Crippen LogP contribution is 2.34. The molecule has 6 heterocycles. The quantitative estimate of drug-likeness (QED) is 0.179. The van der Waals surface area contributed by atoms with E-state index in [2.05, 4.69) is 21.4 Å². The standard InChI is InChI=1S/C39H37Cl2N9O5S/c1-3-29-34(47-12-14-48(15-13-47)37(52)33-35(23(2)42-22-43-33)55-20-24-7-5-4-6-8-24)38(53)50-39(45-36(46-50)30-17-25-11-16-54-21-31(25)56-30)49(29)19-32(51)44-28-10-9-26(40)18-27(28)41/h4-10,17-18,22H,3,11-16,19-21H2,1-2H3,(H,44,51). The van der Waals surface area contributed by atoms with E-state index in [4.69, 9.17) is 42.8 Å². The van der Waals surface area contributed by atoms with Gasteiger partial charge in [0.05, 0.1) is 40.2 Å². The number of hydrogen-bond donors (Lipinski definition) is 1. The molecule has 2 aliphatic rings. The van der Waals surface area contributed by atoms with Crippen molar-refractivity contribution < 1.29 is 19.1 Å². The lowest BCUT2D eigenvalue weighted by molar-refractivity contribution is -0.116. The zero-order chi connectivity index (χ0) is 38.9. The normalized spacial score (nSPS) is 14.2. The summed E-state index contributed by atoms with van der Waals surface area (Å²) in [6, 6.07) is 16.6. The minimum atomic E-state index is -0.380. The summed E-state index contributed by atoms with van der Waals surface area (Å²) in [6.45, 7) is 6.25. The van der Waals surface area contributed by atoms with E-state index in [0.29, 0.717) is 90.2 Å². The summed E-state index contributed by atoms with van der Waals surface area (Å²) in [6.07, 6.45) is 2.56. The van der Waals surface area contributed by atoms with Crippen LogP contribution in [0.15, 0.2) is 65.7 Å². The van der Waals surface area contributed by atoms with E-state index in [-0.39, 0.29) is 42.0 Å². The number of aryl methyl sites for hydroxylation is 1. The lowest BCUT2D eigenvalue weighted by Crippen LogP contribution is -2.51. The molecule has 0 atom stereocenters. The van der Waals surface area contributed by atoms with E-state index in [1.54, 1.807) is 34.6 Å². The minimum Gasteiger partial charge on any atom is -0.485 e. The first-order valence-electron chi connectivity index (χ1n) is 18.2. The van der Waals surface area contributed by atoms with Crippen molar-refractivity contribution in [2.24, 2.45) is 0 Å². The Kier molecular flexibility index (Phi) is 10.7. The van der Waals surface area contributed by atoms with Gasteiger partial charge in [0.2, 0.25) is 11.7 Å². The third-order valence-corrected chi connectivity index (χ3v) is 11.5. The number of anilines is 2. The zero-order valence-corrected chi connectivity index (χ0v) is 33.0. The molecular weight excluding hydrogens is 777 g/mol. The summed E-state index contributed by atoms with van der Waals surface area (Å²) in [7, 11) is 0. The summed E-state index contributed by atoms with van der Waals surface area (Å²) < 4.78 is 14.8. The molecule has 0 spiro atoms. The van der Waals surface area contributed by atoms with Gasteiger partial charge >= 0.3 is 0 Å². The van der Waals surface area contributed by atoms with E-state index in [1.165, 1.54) is 27.7 Å². The van der Waals surface area contributed by atoms with E-state index in [9.17, 15) is 14.4 Å². The maximum Gasteiger partial charge on any atom is 0.299 e. The molecular formula is C39H37Cl2N9O5S. The van der Waals surface area contributed by atoms with Crippen LogP contribution in [-0.2, 0) is 42.1 Å². The van der Waals surface area contributed by atoms with Crippen LogP contribution in [0.25, 0.3) is 16.5 Å². The summed E-state index contributed by atoms with van der Waals surface area (Å²) >= 11 is 14.0. The molecule has 2 amide bonds. The van der Waals surface area contributed by atoms with Crippen molar-refractivity contribution in [3.05, 3.63) is 114 Å². The number of amides is 2. The predicted molar refractivity (Wildman–Crippen MR) is 214 cm³/mol. The minimum absolute atomic E-state index is 0.177. The molecule has 8 rings (SSSR count). The van der Waals surface area contributed by atoms with Crippen molar-refractivity contribution in [1.82, 2.24) is 34.0 Å². The molecule has 1 N–H and O–H groups in total. The van der Waals surface area contributed by atoms with Crippen LogP contribution in [-0.4, -0.2) is 78.6 Å². The number of aromatic nitrogens is 6. The number of nitrogens with zero attached hydrogens (tertiary/aromatic N) is 8. The number of carbonyl (C=O) groups is 2. The number of rotatable bonds is 10. The Morgan fingerprint density at radius 3 is 2.59 bits per heavy atom. The highest BCUT2D eigenvalue weighted by Gasteiger charge is 2.31. The van der Waals surface area contributed by atoms with Gasteiger partial charge < -0.3 is 29.2 Å². The van der Waals surface area contributed by atoms with Crippen LogP contribution in [0.2, 0.25) is 10.0 Å². The molecule has 0 saturated carbocycles. The highest BCUT2D eigenvalue weighted by atomic mass is 35.5. The maximum absolute atomic E-state index is 14.5. The van der Waals surface area contributed by atoms with Crippen molar-refractivity contribution in [2.45, 2.75) is 46.4 Å². The smallest absolute Gasteiger partial charge is 0.299 e. The number of thiophene rings is 1. The van der Waals surface area contributed by atoms with Crippen molar-refractivity contribution in [2.75, 3.05) is 43.0 Å². The summed E-state index contributed by atoms with van der Waals surface area (Å²) in [4.78, 5) is 61.2. The molecule has 0 aliphatic carbocycles. The molecule has 1 saturated heterocycles. The molecule has 1 fully saturated rings. The van der Waals surface area contributed by atoms with Crippen LogP contribution in [0.1, 0.15) is 44.8 Å². The number of piperazine rings is 1. The summed E-state index contributed by atoms with van der Waals surface area (Å²) in [5.74, 6) is 0.293. The molecule has 56 heavy (non-hydrogen) atoms. The van der Waals surface area contributed by atoms with Gasteiger partial charge in [-0.15, -0.1) is 16.4 Å². The fraction of sp³-hybridized carbons (Fsp3) is 0.308. The van der Waals surface area contributed by atoms with Crippen molar-refractivity contribution in [3.63, 3.8) is 0 Å². The number of halogens is 2.